The fourth-order valence-electron chi connectivity index (χ4n) is 10.3. The molecule has 13 atom stereocenters. The van der Waals surface area contributed by atoms with Crippen LogP contribution in [-0.2, 0) is 47.6 Å². The first-order valence-electron chi connectivity index (χ1n) is 16.0. The molecule has 12 nitrogen and oxygen atoms in total. The summed E-state index contributed by atoms with van der Waals surface area (Å²) in [7, 11) is 0. The van der Waals surface area contributed by atoms with Crippen LogP contribution in [0.15, 0.2) is 23.3 Å². The number of hydrogen-bond acceptors (Lipinski definition) is 12. The van der Waals surface area contributed by atoms with Crippen molar-refractivity contribution in [3.05, 3.63) is 23.3 Å². The molecule has 3 saturated carbocycles. The van der Waals surface area contributed by atoms with E-state index in [1.807, 2.05) is 19.9 Å². The van der Waals surface area contributed by atoms with Crippen molar-refractivity contribution in [2.24, 2.45) is 28.6 Å². The predicted molar refractivity (Wildman–Crippen MR) is 152 cm³/mol. The molecule has 0 spiro atoms. The number of rotatable bonds is 4. The molecule has 4 aliphatic carbocycles. The van der Waals surface area contributed by atoms with Crippen molar-refractivity contribution in [3.8, 4) is 0 Å². The molecule has 0 radical (unpaired) electrons. The van der Waals surface area contributed by atoms with Gasteiger partial charge in [-0.1, -0.05) is 18.6 Å². The lowest BCUT2D eigenvalue weighted by Crippen LogP contribution is -2.70. The third-order valence-corrected chi connectivity index (χ3v) is 12.1. The van der Waals surface area contributed by atoms with E-state index in [0.29, 0.717) is 31.3 Å². The normalized spacial score (nSPS) is 49.9. The summed E-state index contributed by atoms with van der Waals surface area (Å²) < 4.78 is 35.1. The lowest BCUT2D eigenvalue weighted by molar-refractivity contribution is -0.453. The second-order valence-electron chi connectivity index (χ2n) is 14.5. The van der Waals surface area contributed by atoms with E-state index in [4.69, 9.17) is 28.4 Å². The number of aldehydes is 1. The largest absolute Gasteiger partial charge is 0.462 e. The van der Waals surface area contributed by atoms with Gasteiger partial charge in [0, 0.05) is 44.1 Å². The first kappa shape index (κ1) is 31.0. The van der Waals surface area contributed by atoms with Gasteiger partial charge in [-0.25, -0.2) is 4.79 Å². The number of carbonyl (C=O) groups excluding carboxylic acids is 4. The molecule has 0 aromatic carbocycles. The molecule has 2 saturated heterocycles. The van der Waals surface area contributed by atoms with Gasteiger partial charge in [-0.15, -0.1) is 0 Å². The number of esters is 3. The van der Waals surface area contributed by atoms with E-state index in [2.05, 4.69) is 0 Å². The number of ether oxygens (including phenoxy) is 6. The van der Waals surface area contributed by atoms with E-state index in [-0.39, 0.29) is 43.8 Å². The summed E-state index contributed by atoms with van der Waals surface area (Å²) in [4.78, 5) is 49.5. The fourth-order valence-corrected chi connectivity index (χ4v) is 10.3. The maximum absolute atomic E-state index is 13.3. The second-order valence-corrected chi connectivity index (χ2v) is 14.5. The summed E-state index contributed by atoms with van der Waals surface area (Å²) in [6.45, 7) is 6.50. The molecule has 246 valence electrons. The van der Waals surface area contributed by atoms with E-state index in [0.717, 1.165) is 11.9 Å². The summed E-state index contributed by atoms with van der Waals surface area (Å²) in [5.41, 5.74) is -1.43. The van der Waals surface area contributed by atoms with Crippen molar-refractivity contribution >= 4 is 24.2 Å². The molecule has 0 amide bonds. The Labute approximate surface area is 261 Å². The number of aliphatic hydroxyl groups is 2. The Morgan fingerprint density at radius 2 is 1.82 bits per heavy atom. The van der Waals surface area contributed by atoms with Crippen LogP contribution in [-0.4, -0.2) is 89.2 Å². The Hall–Kier alpha value is -2.64. The summed E-state index contributed by atoms with van der Waals surface area (Å²) >= 11 is 0. The van der Waals surface area contributed by atoms with E-state index in [1.54, 1.807) is 0 Å². The fraction of sp³-hybridized carbons (Fsp3) is 0.758. The summed E-state index contributed by atoms with van der Waals surface area (Å²) in [6, 6.07) is 0. The molecule has 5 fully saturated rings. The minimum Gasteiger partial charge on any atom is -0.462 e. The molecule has 0 bridgehead atoms. The van der Waals surface area contributed by atoms with Crippen molar-refractivity contribution < 1.29 is 57.8 Å². The van der Waals surface area contributed by atoms with Crippen LogP contribution in [0.1, 0.15) is 72.6 Å². The smallest absolute Gasteiger partial charge is 0.331 e. The van der Waals surface area contributed by atoms with E-state index >= 15 is 0 Å². The first-order valence-corrected chi connectivity index (χ1v) is 16.0. The van der Waals surface area contributed by atoms with Gasteiger partial charge < -0.3 is 43.4 Å². The standard InChI is InChI=1S/C33H42O12/c1-16-9-26(43-18(3)36)33(39)29(41-16)44-23-11-20-5-6-22-21(31(20,15-34)12-24(23)45-33)7-8-30(4)28(19-10-27(37)40-14-19)25(42-17(2)35)13-32(22,30)38/h5,10,15-16,21-26,28-29,38-39H,6-9,11-14H2,1-4H3/t16-,21+,22-,23-,24-,25-,26+,28+,29+,30-,31-,32+,33+/m1/s1. The SMILES string of the molecule is CC(=O)O[C@H]1C[C@@H](C)O[C@H]2O[C@@H]3CC4=CC[C@@H]5[C@H](CC[C@]6(C)[C@@H](C7=CC(=O)OC7)[C@H](OC(C)=O)C[C@]56O)[C@@]4(C=O)C[C@H]3O[C@]21O. The van der Waals surface area contributed by atoms with Crippen LogP contribution in [0.4, 0.5) is 0 Å². The zero-order valence-corrected chi connectivity index (χ0v) is 26.1. The van der Waals surface area contributed by atoms with Crippen molar-refractivity contribution in [2.45, 2.75) is 121 Å². The average Bonchev–Trinajstić information content (AvgIpc) is 3.47. The molecule has 45 heavy (non-hydrogen) atoms. The van der Waals surface area contributed by atoms with Crippen molar-refractivity contribution in [1.29, 1.82) is 0 Å². The maximum atomic E-state index is 13.3. The molecule has 12 heteroatoms. The molecule has 7 aliphatic rings. The highest BCUT2D eigenvalue weighted by molar-refractivity contribution is 5.85. The monoisotopic (exact) mass is 630 g/mol. The van der Waals surface area contributed by atoms with Gasteiger partial charge in [0.1, 0.15) is 19.0 Å². The van der Waals surface area contributed by atoms with Crippen LogP contribution >= 0.6 is 0 Å². The molecule has 0 aromatic heterocycles. The van der Waals surface area contributed by atoms with Gasteiger partial charge in [0.2, 0.25) is 6.29 Å². The van der Waals surface area contributed by atoms with Crippen LogP contribution in [0.5, 0.6) is 0 Å². The van der Waals surface area contributed by atoms with Crippen LogP contribution in [0.2, 0.25) is 0 Å². The Morgan fingerprint density at radius 1 is 1.07 bits per heavy atom. The maximum Gasteiger partial charge on any atom is 0.331 e. The third kappa shape index (κ3) is 4.42. The van der Waals surface area contributed by atoms with Gasteiger partial charge in [0.05, 0.1) is 29.3 Å². The van der Waals surface area contributed by atoms with Crippen molar-refractivity contribution in [1.82, 2.24) is 0 Å². The van der Waals surface area contributed by atoms with Crippen molar-refractivity contribution in [3.63, 3.8) is 0 Å². The third-order valence-electron chi connectivity index (χ3n) is 12.1. The average molecular weight is 631 g/mol. The second kappa shape index (κ2) is 10.4. The number of carbonyl (C=O) groups is 4. The molecule has 3 aliphatic heterocycles. The lowest BCUT2D eigenvalue weighted by Gasteiger charge is -2.62. The molecule has 0 aromatic rings. The lowest BCUT2D eigenvalue weighted by atomic mass is 9.45. The topological polar surface area (TPSA) is 164 Å². The summed E-state index contributed by atoms with van der Waals surface area (Å²) in [6.07, 6.45) is 2.71. The Kier molecular flexibility index (Phi) is 7.18. The van der Waals surface area contributed by atoms with Gasteiger partial charge in [-0.2, -0.15) is 0 Å². The highest BCUT2D eigenvalue weighted by Gasteiger charge is 2.72. The quantitative estimate of drug-likeness (QED) is 0.201. The summed E-state index contributed by atoms with van der Waals surface area (Å²) in [5.74, 6) is -4.56. The Bertz CT molecular complexity index is 1370. The number of allylic oxidation sites excluding steroid dienone is 1. The molecule has 7 rings (SSSR count). The number of hydrogen-bond donors (Lipinski definition) is 2. The number of cyclic esters (lactones) is 1. The Morgan fingerprint density at radius 3 is 2.49 bits per heavy atom. The van der Waals surface area contributed by atoms with Crippen LogP contribution in [0.25, 0.3) is 0 Å². The minimum atomic E-state index is -2.05. The predicted octanol–water partition coefficient (Wildman–Crippen LogP) is 2.03. The van der Waals surface area contributed by atoms with Gasteiger partial charge in [0.15, 0.2) is 6.10 Å². The molecule has 2 N–H and O–H groups in total. The summed E-state index contributed by atoms with van der Waals surface area (Å²) in [5, 5.41) is 24.5. The highest BCUT2D eigenvalue weighted by Crippen LogP contribution is 2.69. The molecule has 0 unspecified atom stereocenters. The molecular weight excluding hydrogens is 588 g/mol. The zero-order valence-electron chi connectivity index (χ0n) is 26.1. The van der Waals surface area contributed by atoms with E-state index in [1.165, 1.54) is 19.9 Å². The number of fused-ring (bicyclic) bond motifs is 7. The minimum absolute atomic E-state index is 0.0878. The van der Waals surface area contributed by atoms with Gasteiger partial charge >= 0.3 is 17.9 Å². The van der Waals surface area contributed by atoms with E-state index in [9.17, 15) is 29.4 Å². The van der Waals surface area contributed by atoms with Gasteiger partial charge in [-0.3, -0.25) is 9.59 Å². The van der Waals surface area contributed by atoms with Crippen molar-refractivity contribution in [2.75, 3.05) is 6.61 Å². The van der Waals surface area contributed by atoms with Gasteiger partial charge in [0.25, 0.3) is 5.79 Å². The molecule has 3 heterocycles. The molecular formula is C33H42O12. The van der Waals surface area contributed by atoms with Crippen LogP contribution in [0.3, 0.4) is 0 Å². The van der Waals surface area contributed by atoms with E-state index < -0.39 is 76.7 Å². The first-order chi connectivity index (χ1) is 21.2. The Balaban J connectivity index is 1.22. The van der Waals surface area contributed by atoms with Gasteiger partial charge in [-0.05, 0) is 56.4 Å². The van der Waals surface area contributed by atoms with Crippen LogP contribution in [0, 0.1) is 28.6 Å². The highest BCUT2D eigenvalue weighted by atomic mass is 16.8. The van der Waals surface area contributed by atoms with Crippen LogP contribution < -0.4 is 0 Å². The zero-order chi connectivity index (χ0) is 32.1.